The summed E-state index contributed by atoms with van der Waals surface area (Å²) < 4.78 is 5.90. The van der Waals surface area contributed by atoms with Crippen molar-refractivity contribution in [2.45, 2.75) is 39.5 Å². The van der Waals surface area contributed by atoms with Gasteiger partial charge in [-0.25, -0.2) is 15.8 Å². The van der Waals surface area contributed by atoms with E-state index in [0.29, 0.717) is 17.6 Å². The average Bonchev–Trinajstić information content (AvgIpc) is 2.47. The van der Waals surface area contributed by atoms with Crippen molar-refractivity contribution in [1.82, 2.24) is 9.97 Å². The van der Waals surface area contributed by atoms with Crippen LogP contribution in [0.15, 0.2) is 30.6 Å². The number of nitrogens with zero attached hydrogens (tertiary/aromatic N) is 2. The molecule has 0 unspecified atom stereocenters. The van der Waals surface area contributed by atoms with Crippen molar-refractivity contribution >= 4 is 5.82 Å². The van der Waals surface area contributed by atoms with Gasteiger partial charge in [0.25, 0.3) is 0 Å². The second kappa shape index (κ2) is 6.54. The summed E-state index contributed by atoms with van der Waals surface area (Å²) in [6.45, 7) is 8.43. The van der Waals surface area contributed by atoms with E-state index < -0.39 is 0 Å². The highest BCUT2D eigenvalue weighted by Gasteiger charge is 2.16. The summed E-state index contributed by atoms with van der Waals surface area (Å²) in [6, 6.07) is 8.05. The number of anilines is 1. The molecule has 0 spiro atoms. The van der Waals surface area contributed by atoms with Crippen molar-refractivity contribution in [2.75, 3.05) is 5.43 Å². The Morgan fingerprint density at radius 2 is 1.67 bits per heavy atom. The van der Waals surface area contributed by atoms with Gasteiger partial charge in [-0.3, -0.25) is 0 Å². The first kappa shape index (κ1) is 15.3. The number of hydrogen-bond acceptors (Lipinski definition) is 5. The fraction of sp³-hybridized carbons (Fsp3) is 0.375. The molecule has 1 aromatic heterocycles. The summed E-state index contributed by atoms with van der Waals surface area (Å²) in [5.41, 5.74) is 4.74. The Labute approximate surface area is 125 Å². The molecule has 5 nitrogen and oxygen atoms in total. The maximum atomic E-state index is 5.90. The van der Waals surface area contributed by atoms with Crippen LogP contribution in [0.4, 0.5) is 5.82 Å². The van der Waals surface area contributed by atoms with E-state index in [2.05, 4.69) is 41.4 Å². The molecular weight excluding hydrogens is 264 g/mol. The van der Waals surface area contributed by atoms with Crippen LogP contribution in [-0.4, -0.2) is 9.97 Å². The van der Waals surface area contributed by atoms with Gasteiger partial charge in [0, 0.05) is 0 Å². The molecule has 5 heteroatoms. The predicted molar refractivity (Wildman–Crippen MR) is 84.5 cm³/mol. The number of nitrogen functional groups attached to an aromatic ring is 1. The molecule has 0 saturated heterocycles. The zero-order valence-electron chi connectivity index (χ0n) is 12.9. The van der Waals surface area contributed by atoms with Crippen molar-refractivity contribution in [3.05, 3.63) is 41.7 Å². The van der Waals surface area contributed by atoms with Crippen LogP contribution < -0.4 is 16.0 Å². The number of nitrogens with one attached hydrogen (secondary N) is 1. The summed E-state index contributed by atoms with van der Waals surface area (Å²) in [5.74, 6) is 8.08. The van der Waals surface area contributed by atoms with Crippen LogP contribution in [0, 0.1) is 0 Å². The molecule has 112 valence electrons. The van der Waals surface area contributed by atoms with E-state index in [1.165, 1.54) is 11.9 Å². The van der Waals surface area contributed by atoms with Gasteiger partial charge in [-0.15, -0.1) is 0 Å². The lowest BCUT2D eigenvalue weighted by Gasteiger charge is -2.15. The number of benzene rings is 1. The zero-order chi connectivity index (χ0) is 15.4. The van der Waals surface area contributed by atoms with E-state index >= 15 is 0 Å². The monoisotopic (exact) mass is 286 g/mol. The molecule has 0 atom stereocenters. The third-order valence-corrected chi connectivity index (χ3v) is 3.32. The Morgan fingerprint density at radius 3 is 2.19 bits per heavy atom. The molecule has 2 rings (SSSR count). The first-order valence-corrected chi connectivity index (χ1v) is 7.12. The molecule has 0 aliphatic heterocycles. The minimum atomic E-state index is 0.196. The summed E-state index contributed by atoms with van der Waals surface area (Å²) >= 11 is 0. The molecule has 0 radical (unpaired) electrons. The molecule has 0 aliphatic carbocycles. The number of nitrogens with two attached hydrogens (primary N) is 1. The van der Waals surface area contributed by atoms with Gasteiger partial charge in [0.1, 0.15) is 12.1 Å². The lowest BCUT2D eigenvalue weighted by molar-refractivity contribution is 0.451. The summed E-state index contributed by atoms with van der Waals surface area (Å²) in [4.78, 5) is 8.36. The Morgan fingerprint density at radius 1 is 1.00 bits per heavy atom. The van der Waals surface area contributed by atoms with E-state index in [-0.39, 0.29) is 5.92 Å². The van der Waals surface area contributed by atoms with Gasteiger partial charge in [0.15, 0.2) is 5.82 Å². The standard InChI is InChI=1S/C16H22N4O/c1-10(2)12-5-7-13(8-6-12)21-16-14(11(3)4)15(20-17)18-9-19-16/h5-11H,17H2,1-4H3,(H,18,19,20). The normalized spacial score (nSPS) is 11.0. The van der Waals surface area contributed by atoms with Crippen LogP contribution >= 0.6 is 0 Å². The third kappa shape index (κ3) is 3.49. The fourth-order valence-corrected chi connectivity index (χ4v) is 2.13. The van der Waals surface area contributed by atoms with E-state index in [1.807, 2.05) is 26.0 Å². The molecule has 1 heterocycles. The van der Waals surface area contributed by atoms with Crippen molar-refractivity contribution in [3.8, 4) is 11.6 Å². The second-order valence-corrected chi connectivity index (χ2v) is 5.57. The van der Waals surface area contributed by atoms with Gasteiger partial charge >= 0.3 is 0 Å². The van der Waals surface area contributed by atoms with E-state index in [0.717, 1.165) is 11.3 Å². The van der Waals surface area contributed by atoms with Gasteiger partial charge in [0.05, 0.1) is 5.56 Å². The average molecular weight is 286 g/mol. The largest absolute Gasteiger partial charge is 0.439 e. The lowest BCUT2D eigenvalue weighted by atomic mass is 10.0. The van der Waals surface area contributed by atoms with Crippen LogP contribution in [0.1, 0.15) is 50.7 Å². The molecule has 0 fully saturated rings. The topological polar surface area (TPSA) is 73.1 Å². The number of ether oxygens (including phenoxy) is 1. The first-order valence-electron chi connectivity index (χ1n) is 7.12. The molecule has 2 aromatic rings. The van der Waals surface area contributed by atoms with Crippen LogP contribution in [0.2, 0.25) is 0 Å². The third-order valence-electron chi connectivity index (χ3n) is 3.32. The smallest absolute Gasteiger partial charge is 0.227 e. The number of aromatic nitrogens is 2. The van der Waals surface area contributed by atoms with Crippen molar-refractivity contribution in [3.63, 3.8) is 0 Å². The highest BCUT2D eigenvalue weighted by Crippen LogP contribution is 2.32. The Kier molecular flexibility index (Phi) is 4.75. The quantitative estimate of drug-likeness (QED) is 0.646. The minimum absolute atomic E-state index is 0.196. The molecule has 0 saturated carbocycles. The van der Waals surface area contributed by atoms with Gasteiger partial charge in [-0.1, -0.05) is 39.8 Å². The second-order valence-electron chi connectivity index (χ2n) is 5.57. The number of hydrogen-bond donors (Lipinski definition) is 2. The van der Waals surface area contributed by atoms with Crippen molar-refractivity contribution < 1.29 is 4.74 Å². The Hall–Kier alpha value is -2.14. The minimum Gasteiger partial charge on any atom is -0.439 e. The van der Waals surface area contributed by atoms with Crippen LogP contribution in [-0.2, 0) is 0 Å². The van der Waals surface area contributed by atoms with Gasteiger partial charge in [0.2, 0.25) is 5.88 Å². The van der Waals surface area contributed by atoms with Gasteiger partial charge < -0.3 is 10.2 Å². The summed E-state index contributed by atoms with van der Waals surface area (Å²) in [6.07, 6.45) is 1.44. The van der Waals surface area contributed by atoms with Crippen LogP contribution in [0.5, 0.6) is 11.6 Å². The van der Waals surface area contributed by atoms with E-state index in [4.69, 9.17) is 10.6 Å². The fourth-order valence-electron chi connectivity index (χ4n) is 2.13. The van der Waals surface area contributed by atoms with Gasteiger partial charge in [-0.2, -0.15) is 0 Å². The van der Waals surface area contributed by atoms with Crippen LogP contribution in [0.25, 0.3) is 0 Å². The summed E-state index contributed by atoms with van der Waals surface area (Å²) in [5, 5.41) is 0. The summed E-state index contributed by atoms with van der Waals surface area (Å²) in [7, 11) is 0. The molecule has 0 aliphatic rings. The number of rotatable bonds is 5. The molecular formula is C16H22N4O. The maximum Gasteiger partial charge on any atom is 0.227 e. The molecule has 21 heavy (non-hydrogen) atoms. The number of hydrazine groups is 1. The Balaban J connectivity index is 2.30. The van der Waals surface area contributed by atoms with E-state index in [9.17, 15) is 0 Å². The molecule has 3 N–H and O–H groups in total. The maximum absolute atomic E-state index is 5.90. The van der Waals surface area contributed by atoms with Crippen LogP contribution in [0.3, 0.4) is 0 Å². The molecule has 1 aromatic carbocycles. The lowest BCUT2D eigenvalue weighted by Crippen LogP contribution is -2.13. The van der Waals surface area contributed by atoms with Gasteiger partial charge in [-0.05, 0) is 29.5 Å². The SMILES string of the molecule is CC(C)c1ccc(Oc2ncnc(NN)c2C(C)C)cc1. The van der Waals surface area contributed by atoms with Crippen molar-refractivity contribution in [1.29, 1.82) is 0 Å². The molecule has 0 amide bonds. The first-order chi connectivity index (χ1) is 10.0. The molecule has 0 bridgehead atoms. The Bertz CT molecular complexity index is 594. The highest BCUT2D eigenvalue weighted by molar-refractivity contribution is 5.50. The predicted octanol–water partition coefficient (Wildman–Crippen LogP) is 3.80. The van der Waals surface area contributed by atoms with E-state index in [1.54, 1.807) is 0 Å². The van der Waals surface area contributed by atoms with Crippen molar-refractivity contribution in [2.24, 2.45) is 5.84 Å². The highest BCUT2D eigenvalue weighted by atomic mass is 16.5. The zero-order valence-corrected chi connectivity index (χ0v) is 12.9.